The van der Waals surface area contributed by atoms with E-state index in [4.69, 9.17) is 0 Å². The second-order valence-corrected chi connectivity index (χ2v) is 8.46. The van der Waals surface area contributed by atoms with Crippen LogP contribution in [0.2, 0.25) is 0 Å². The van der Waals surface area contributed by atoms with Gasteiger partial charge in [0.1, 0.15) is 0 Å². The van der Waals surface area contributed by atoms with Gasteiger partial charge in [-0.15, -0.1) is 0 Å². The van der Waals surface area contributed by atoms with Gasteiger partial charge in [0.2, 0.25) is 0 Å². The molecule has 5 aromatic carbocycles. The van der Waals surface area contributed by atoms with Crippen molar-refractivity contribution in [2.75, 3.05) is 0 Å². The lowest BCUT2D eigenvalue weighted by molar-refractivity contribution is 1.35. The Balaban J connectivity index is 1.98. The topological polar surface area (TPSA) is 4.41 Å². The fourth-order valence-electron chi connectivity index (χ4n) is 5.04. The van der Waals surface area contributed by atoms with Crippen molar-refractivity contribution in [2.24, 2.45) is 0 Å². The monoisotopic (exact) mass is 419 g/mol. The Labute approximate surface area is 169 Å². The molecule has 28 heavy (non-hydrogen) atoms. The maximum absolute atomic E-state index is 3.68. The van der Waals surface area contributed by atoms with Crippen LogP contribution in [0.1, 0.15) is 0 Å². The lowest BCUT2D eigenvalue weighted by atomic mass is 9.93. The highest BCUT2D eigenvalue weighted by molar-refractivity contribution is 9.10. The van der Waals surface area contributed by atoms with Crippen molar-refractivity contribution in [3.63, 3.8) is 0 Å². The summed E-state index contributed by atoms with van der Waals surface area (Å²) >= 11 is 3.68. The number of hydrogen-bond donors (Lipinski definition) is 0. The van der Waals surface area contributed by atoms with Crippen LogP contribution in [0.15, 0.2) is 89.4 Å². The Hall–Kier alpha value is -3.10. The van der Waals surface area contributed by atoms with Crippen LogP contribution in [0.25, 0.3) is 59.6 Å². The van der Waals surface area contributed by atoms with Crippen molar-refractivity contribution >= 4 is 75.6 Å². The maximum Gasteiger partial charge on any atom is 0.0626 e. The summed E-state index contributed by atoms with van der Waals surface area (Å²) in [5.41, 5.74) is 3.84. The van der Waals surface area contributed by atoms with Gasteiger partial charge in [-0.1, -0.05) is 76.6 Å². The first-order chi connectivity index (χ1) is 13.8. The number of hydrogen-bond acceptors (Lipinski definition) is 0. The average Bonchev–Trinajstić information content (AvgIpc) is 3.06. The molecule has 1 nitrogen and oxygen atoms in total. The van der Waals surface area contributed by atoms with Gasteiger partial charge in [0.25, 0.3) is 0 Å². The van der Waals surface area contributed by atoms with E-state index in [9.17, 15) is 0 Å². The summed E-state index contributed by atoms with van der Waals surface area (Å²) in [7, 11) is 0. The third-order valence-electron chi connectivity index (χ3n) is 6.13. The molecule has 0 bridgehead atoms. The van der Waals surface area contributed by atoms with Gasteiger partial charge in [-0.25, -0.2) is 0 Å². The van der Waals surface area contributed by atoms with Crippen LogP contribution >= 0.6 is 15.9 Å². The molecule has 0 radical (unpaired) electrons. The molecule has 130 valence electrons. The molecule has 0 atom stereocenters. The van der Waals surface area contributed by atoms with Gasteiger partial charge < -0.3 is 4.40 Å². The highest BCUT2D eigenvalue weighted by Crippen LogP contribution is 2.44. The minimum Gasteiger partial charge on any atom is -0.308 e. The molecule has 2 aromatic heterocycles. The first kappa shape index (κ1) is 14.9. The zero-order valence-electron chi connectivity index (χ0n) is 14.9. The van der Waals surface area contributed by atoms with Gasteiger partial charge in [0.05, 0.1) is 16.6 Å². The highest BCUT2D eigenvalue weighted by atomic mass is 79.9. The maximum atomic E-state index is 3.68. The number of fused-ring (bicyclic) bond motifs is 8. The number of pyridine rings is 1. The summed E-state index contributed by atoms with van der Waals surface area (Å²) in [5, 5.41) is 10.6. The highest BCUT2D eigenvalue weighted by Gasteiger charge is 2.19. The molecule has 7 aromatic rings. The molecule has 0 amide bonds. The SMILES string of the molecule is Brc1ccc2c3ccc4cc5ccccc5c5c6ccccc6n(c2c1)c3c45. The second kappa shape index (κ2) is 5.03. The smallest absolute Gasteiger partial charge is 0.0626 e. The Morgan fingerprint density at radius 1 is 0.536 bits per heavy atom. The molecule has 0 saturated heterocycles. The molecule has 2 heteroatoms. The van der Waals surface area contributed by atoms with E-state index in [2.05, 4.69) is 105 Å². The lowest BCUT2D eigenvalue weighted by Crippen LogP contribution is -1.93. The van der Waals surface area contributed by atoms with Crippen LogP contribution in [-0.4, -0.2) is 4.40 Å². The van der Waals surface area contributed by atoms with E-state index in [1.165, 1.54) is 59.6 Å². The van der Waals surface area contributed by atoms with Crippen molar-refractivity contribution in [2.45, 2.75) is 0 Å². The van der Waals surface area contributed by atoms with E-state index in [0.29, 0.717) is 0 Å². The minimum absolute atomic E-state index is 1.11. The van der Waals surface area contributed by atoms with E-state index in [1.807, 2.05) is 0 Å². The van der Waals surface area contributed by atoms with Crippen LogP contribution in [-0.2, 0) is 0 Å². The first-order valence-electron chi connectivity index (χ1n) is 9.49. The molecule has 0 spiro atoms. The van der Waals surface area contributed by atoms with Gasteiger partial charge in [0, 0.05) is 31.4 Å². The van der Waals surface area contributed by atoms with E-state index in [0.717, 1.165) is 4.47 Å². The molecule has 0 saturated carbocycles. The minimum atomic E-state index is 1.11. The second-order valence-electron chi connectivity index (χ2n) is 7.55. The molecule has 0 N–H and O–H groups in total. The van der Waals surface area contributed by atoms with E-state index < -0.39 is 0 Å². The average molecular weight is 420 g/mol. The Morgan fingerprint density at radius 2 is 1.32 bits per heavy atom. The molecule has 0 aliphatic carbocycles. The molecular weight excluding hydrogens is 406 g/mol. The summed E-state index contributed by atoms with van der Waals surface area (Å²) < 4.78 is 3.56. The zero-order chi connectivity index (χ0) is 18.4. The number of rotatable bonds is 0. The number of nitrogens with zero attached hydrogens (tertiary/aromatic N) is 1. The number of halogens is 1. The van der Waals surface area contributed by atoms with Crippen molar-refractivity contribution in [1.82, 2.24) is 4.40 Å². The summed E-state index contributed by atoms with van der Waals surface area (Å²) in [4.78, 5) is 0. The fraction of sp³-hybridized carbons (Fsp3) is 0. The van der Waals surface area contributed by atoms with E-state index in [1.54, 1.807) is 0 Å². The van der Waals surface area contributed by atoms with Crippen LogP contribution in [0.4, 0.5) is 0 Å². The van der Waals surface area contributed by atoms with Gasteiger partial charge in [0.15, 0.2) is 0 Å². The third kappa shape index (κ3) is 1.68. The number of benzene rings is 5. The molecular formula is C26H14BrN. The quantitative estimate of drug-likeness (QED) is 0.173. The van der Waals surface area contributed by atoms with Crippen LogP contribution in [0.5, 0.6) is 0 Å². The van der Waals surface area contributed by atoms with Gasteiger partial charge in [-0.2, -0.15) is 0 Å². The Bertz CT molecular complexity index is 1720. The largest absolute Gasteiger partial charge is 0.308 e. The lowest BCUT2D eigenvalue weighted by Gasteiger charge is -2.15. The summed E-state index contributed by atoms with van der Waals surface area (Å²) in [6.45, 7) is 0. The summed E-state index contributed by atoms with van der Waals surface area (Å²) in [6, 6.07) is 31.1. The Kier molecular flexibility index (Phi) is 2.68. The Morgan fingerprint density at radius 3 is 2.25 bits per heavy atom. The molecule has 0 unspecified atom stereocenters. The predicted molar refractivity (Wildman–Crippen MR) is 124 cm³/mol. The van der Waals surface area contributed by atoms with E-state index in [-0.39, 0.29) is 0 Å². The van der Waals surface area contributed by atoms with Gasteiger partial charge >= 0.3 is 0 Å². The third-order valence-corrected chi connectivity index (χ3v) is 6.62. The summed E-state index contributed by atoms with van der Waals surface area (Å²) in [5.74, 6) is 0. The van der Waals surface area contributed by atoms with Crippen LogP contribution in [0.3, 0.4) is 0 Å². The van der Waals surface area contributed by atoms with Gasteiger partial charge in [-0.05, 0) is 40.4 Å². The standard InChI is InChI=1S/C26H14BrN/c27-17-10-12-19-20-11-9-16-13-15-5-1-2-6-18(15)25-21-7-3-4-8-22(21)28(23(19)14-17)26(20)24(16)25/h1-14H. The number of para-hydroxylation sites is 1. The van der Waals surface area contributed by atoms with Crippen molar-refractivity contribution in [1.29, 1.82) is 0 Å². The zero-order valence-corrected chi connectivity index (χ0v) is 16.5. The number of aromatic nitrogens is 1. The fourth-order valence-corrected chi connectivity index (χ4v) is 5.39. The predicted octanol–water partition coefficient (Wildman–Crippen LogP) is 7.91. The molecule has 0 aliphatic rings. The van der Waals surface area contributed by atoms with Crippen molar-refractivity contribution < 1.29 is 0 Å². The van der Waals surface area contributed by atoms with Crippen LogP contribution < -0.4 is 0 Å². The summed E-state index contributed by atoms with van der Waals surface area (Å²) in [6.07, 6.45) is 0. The van der Waals surface area contributed by atoms with Gasteiger partial charge in [-0.3, -0.25) is 0 Å². The normalized spacial score (nSPS) is 12.5. The van der Waals surface area contributed by atoms with Crippen molar-refractivity contribution in [3.8, 4) is 0 Å². The molecule has 0 fully saturated rings. The first-order valence-corrected chi connectivity index (χ1v) is 10.3. The van der Waals surface area contributed by atoms with Crippen molar-refractivity contribution in [3.05, 3.63) is 89.4 Å². The molecule has 0 aliphatic heterocycles. The van der Waals surface area contributed by atoms with E-state index >= 15 is 0 Å². The molecule has 7 rings (SSSR count). The molecule has 2 heterocycles. The van der Waals surface area contributed by atoms with Crippen LogP contribution in [0, 0.1) is 0 Å².